The maximum Gasteiger partial charge on any atom is 0.196 e. The first kappa shape index (κ1) is 9.09. The van der Waals surface area contributed by atoms with Gasteiger partial charge in [-0.2, -0.15) is 0 Å². The average Bonchev–Trinajstić information content (AvgIpc) is 2.63. The molecule has 0 bridgehead atoms. The number of hydrogen-bond donors (Lipinski definition) is 0. The quantitative estimate of drug-likeness (QED) is 0.684. The maximum atomic E-state index is 11.9. The molecule has 3 nitrogen and oxygen atoms in total. The van der Waals surface area contributed by atoms with E-state index >= 15 is 0 Å². The highest BCUT2D eigenvalue weighted by Gasteiger charge is 2.29. The summed E-state index contributed by atoms with van der Waals surface area (Å²) < 4.78 is 2.01. The van der Waals surface area contributed by atoms with E-state index in [1.165, 1.54) is 0 Å². The smallest absolute Gasteiger partial charge is 0.196 e. The zero-order valence-corrected chi connectivity index (χ0v) is 9.57. The molecule has 0 radical (unpaired) electrons. The number of ketones is 1. The first-order valence-electron chi connectivity index (χ1n) is 4.91. The van der Waals surface area contributed by atoms with Crippen LogP contribution in [0.1, 0.15) is 22.6 Å². The highest BCUT2D eigenvalue weighted by atomic mass is 79.9. The molecule has 0 amide bonds. The van der Waals surface area contributed by atoms with E-state index in [0.29, 0.717) is 5.69 Å². The van der Waals surface area contributed by atoms with Crippen LogP contribution in [0.5, 0.6) is 0 Å². The van der Waals surface area contributed by atoms with Gasteiger partial charge in [-0.05, 0) is 25.0 Å². The summed E-state index contributed by atoms with van der Waals surface area (Å²) >= 11 is 3.38. The molecule has 0 fully saturated rings. The van der Waals surface area contributed by atoms with Crippen molar-refractivity contribution in [3.8, 4) is 0 Å². The summed E-state index contributed by atoms with van der Waals surface area (Å²) in [5, 5.41) is 0. The second-order valence-corrected chi connectivity index (χ2v) is 4.81. The summed E-state index contributed by atoms with van der Waals surface area (Å²) in [6, 6.07) is 5.82. The molecule has 76 valence electrons. The minimum Gasteiger partial charge on any atom is -0.303 e. The van der Waals surface area contributed by atoms with Crippen molar-refractivity contribution in [3.05, 3.63) is 35.8 Å². The van der Waals surface area contributed by atoms with E-state index in [1.54, 1.807) is 0 Å². The van der Waals surface area contributed by atoms with Crippen molar-refractivity contribution in [1.82, 2.24) is 9.38 Å². The average molecular weight is 265 g/mol. The first-order valence-corrected chi connectivity index (χ1v) is 5.83. The third-order valence-corrected chi connectivity index (χ3v) is 3.66. The number of aromatic nitrogens is 2. The van der Waals surface area contributed by atoms with Crippen molar-refractivity contribution in [1.29, 1.82) is 0 Å². The number of alkyl halides is 1. The molecule has 2 aromatic rings. The molecule has 0 saturated carbocycles. The van der Waals surface area contributed by atoms with Gasteiger partial charge in [0.05, 0.1) is 10.5 Å². The lowest BCUT2D eigenvalue weighted by molar-refractivity contribution is 0.0977. The van der Waals surface area contributed by atoms with Crippen molar-refractivity contribution in [2.24, 2.45) is 0 Å². The first-order chi connectivity index (χ1) is 7.27. The number of Topliss-reactive ketones (excluding diaryl/α,β-unsaturated/α-hetero) is 1. The van der Waals surface area contributed by atoms with Gasteiger partial charge in [-0.1, -0.05) is 22.0 Å². The Kier molecular flexibility index (Phi) is 1.92. The van der Waals surface area contributed by atoms with E-state index in [4.69, 9.17) is 0 Å². The molecule has 2 heterocycles. The van der Waals surface area contributed by atoms with Gasteiger partial charge in [0.15, 0.2) is 5.78 Å². The van der Waals surface area contributed by atoms with Crippen LogP contribution in [0.25, 0.3) is 5.65 Å². The second-order valence-electron chi connectivity index (χ2n) is 3.71. The van der Waals surface area contributed by atoms with Gasteiger partial charge >= 0.3 is 0 Å². The Balaban J connectivity index is 2.31. The lowest BCUT2D eigenvalue weighted by Crippen LogP contribution is -2.22. The normalized spacial score (nSPS) is 20.6. The molecule has 1 aliphatic carbocycles. The van der Waals surface area contributed by atoms with Gasteiger partial charge in [-0.25, -0.2) is 4.98 Å². The number of nitrogens with zero attached hydrogens (tertiary/aromatic N) is 2. The van der Waals surface area contributed by atoms with E-state index in [9.17, 15) is 4.79 Å². The minimum absolute atomic E-state index is 0.0603. The number of carbonyl (C=O) groups is 1. The molecule has 3 rings (SSSR count). The summed E-state index contributed by atoms with van der Waals surface area (Å²) in [7, 11) is 0. The predicted octanol–water partition coefficient (Wildman–Crippen LogP) is 2.23. The number of hydrogen-bond acceptors (Lipinski definition) is 2. The van der Waals surface area contributed by atoms with Gasteiger partial charge in [0.1, 0.15) is 11.3 Å². The largest absolute Gasteiger partial charge is 0.303 e. The van der Waals surface area contributed by atoms with Crippen molar-refractivity contribution in [2.75, 3.05) is 0 Å². The zero-order valence-electron chi connectivity index (χ0n) is 7.98. The van der Waals surface area contributed by atoms with E-state index in [2.05, 4.69) is 20.9 Å². The van der Waals surface area contributed by atoms with Gasteiger partial charge in [-0.3, -0.25) is 4.79 Å². The zero-order chi connectivity index (χ0) is 10.4. The molecule has 1 unspecified atom stereocenters. The number of fused-ring (bicyclic) bond motifs is 3. The fourth-order valence-electron chi connectivity index (χ4n) is 2.03. The van der Waals surface area contributed by atoms with Gasteiger partial charge in [0, 0.05) is 6.20 Å². The highest BCUT2D eigenvalue weighted by Crippen LogP contribution is 2.26. The number of halogens is 1. The number of imidazole rings is 1. The van der Waals surface area contributed by atoms with Crippen LogP contribution >= 0.6 is 15.9 Å². The second kappa shape index (κ2) is 3.17. The Labute approximate surface area is 95.3 Å². The number of rotatable bonds is 0. The monoisotopic (exact) mass is 264 g/mol. The molecule has 0 aromatic carbocycles. The van der Waals surface area contributed by atoms with E-state index < -0.39 is 0 Å². The van der Waals surface area contributed by atoms with Crippen molar-refractivity contribution in [3.63, 3.8) is 0 Å². The van der Waals surface area contributed by atoms with Crippen LogP contribution in [0.3, 0.4) is 0 Å². The summed E-state index contributed by atoms with van der Waals surface area (Å²) in [6.07, 6.45) is 3.72. The highest BCUT2D eigenvalue weighted by molar-refractivity contribution is 9.10. The predicted molar refractivity (Wildman–Crippen MR) is 60.6 cm³/mol. The third-order valence-electron chi connectivity index (χ3n) is 2.78. The van der Waals surface area contributed by atoms with Crippen molar-refractivity contribution in [2.45, 2.75) is 17.7 Å². The fraction of sp³-hybridized carbons (Fsp3) is 0.273. The molecule has 0 N–H and O–H groups in total. The Morgan fingerprint density at radius 1 is 1.47 bits per heavy atom. The van der Waals surface area contributed by atoms with Crippen LogP contribution in [-0.4, -0.2) is 20.0 Å². The van der Waals surface area contributed by atoms with Crippen LogP contribution in [-0.2, 0) is 6.42 Å². The summed E-state index contributed by atoms with van der Waals surface area (Å²) in [6.45, 7) is 0. The van der Waals surface area contributed by atoms with Crippen molar-refractivity contribution < 1.29 is 4.79 Å². The van der Waals surface area contributed by atoms with Crippen molar-refractivity contribution >= 4 is 27.4 Å². The van der Waals surface area contributed by atoms with Crippen LogP contribution in [0.15, 0.2) is 24.4 Å². The molecule has 0 spiro atoms. The fourth-order valence-corrected chi connectivity index (χ4v) is 2.47. The maximum absolute atomic E-state index is 11.9. The van der Waals surface area contributed by atoms with Crippen LogP contribution < -0.4 is 0 Å². The molecular weight excluding hydrogens is 256 g/mol. The Morgan fingerprint density at radius 3 is 3.20 bits per heavy atom. The molecule has 0 aliphatic heterocycles. The van der Waals surface area contributed by atoms with Gasteiger partial charge in [0.25, 0.3) is 0 Å². The van der Waals surface area contributed by atoms with E-state index in [0.717, 1.165) is 24.2 Å². The topological polar surface area (TPSA) is 34.4 Å². The minimum atomic E-state index is -0.0603. The number of pyridine rings is 1. The summed E-state index contributed by atoms with van der Waals surface area (Å²) in [5.41, 5.74) is 2.54. The van der Waals surface area contributed by atoms with Crippen LogP contribution in [0.2, 0.25) is 0 Å². The van der Waals surface area contributed by atoms with Crippen LogP contribution in [0.4, 0.5) is 0 Å². The SMILES string of the molecule is O=C1c2nc3ccccn3c2CCC1Br. The molecule has 1 atom stereocenters. The molecule has 1 aliphatic rings. The number of carbonyl (C=O) groups excluding carboxylic acids is 1. The molecular formula is C11H9BrN2O. The summed E-state index contributed by atoms with van der Waals surface area (Å²) in [5.74, 6) is 0.111. The Morgan fingerprint density at radius 2 is 2.33 bits per heavy atom. The summed E-state index contributed by atoms with van der Waals surface area (Å²) in [4.78, 5) is 16.2. The lowest BCUT2D eigenvalue weighted by Gasteiger charge is -2.14. The molecule has 2 aromatic heterocycles. The molecule has 0 saturated heterocycles. The van der Waals surface area contributed by atoms with Gasteiger partial charge < -0.3 is 4.40 Å². The van der Waals surface area contributed by atoms with Gasteiger partial charge in [0.2, 0.25) is 0 Å². The third kappa shape index (κ3) is 1.24. The standard InChI is InChI=1S/C11H9BrN2O/c12-7-4-5-8-10(11(7)15)13-9-3-1-2-6-14(8)9/h1-3,6-7H,4-5H2. The Hall–Kier alpha value is -1.16. The number of aryl methyl sites for hydroxylation is 1. The van der Waals surface area contributed by atoms with Crippen LogP contribution in [0, 0.1) is 0 Å². The molecule has 4 heteroatoms. The lowest BCUT2D eigenvalue weighted by atomic mass is 10.00. The molecule has 15 heavy (non-hydrogen) atoms. The van der Waals surface area contributed by atoms with Gasteiger partial charge in [-0.15, -0.1) is 0 Å². The van der Waals surface area contributed by atoms with E-state index in [1.807, 2.05) is 28.8 Å². The van der Waals surface area contributed by atoms with E-state index in [-0.39, 0.29) is 10.6 Å². The Bertz CT molecular complexity index is 547.